The second kappa shape index (κ2) is 7.39. The van der Waals surface area contributed by atoms with Gasteiger partial charge in [-0.1, -0.05) is 60.1 Å². The molecule has 0 radical (unpaired) electrons. The lowest BCUT2D eigenvalue weighted by molar-refractivity contribution is 0.102. The molecule has 4 aromatic rings. The summed E-state index contributed by atoms with van der Waals surface area (Å²) in [5.74, 6) is -0.298. The van der Waals surface area contributed by atoms with E-state index in [-0.39, 0.29) is 5.91 Å². The summed E-state index contributed by atoms with van der Waals surface area (Å²) < 4.78 is 1.44. The second-order valence-electron chi connectivity index (χ2n) is 5.79. The molecule has 0 aliphatic heterocycles. The zero-order chi connectivity index (χ0) is 18.6. The molecule has 132 valence electrons. The van der Waals surface area contributed by atoms with Gasteiger partial charge >= 0.3 is 0 Å². The molecule has 7 heteroatoms. The van der Waals surface area contributed by atoms with Crippen molar-refractivity contribution in [2.45, 2.75) is 0 Å². The molecule has 0 fully saturated rings. The van der Waals surface area contributed by atoms with E-state index < -0.39 is 0 Å². The van der Waals surface area contributed by atoms with Gasteiger partial charge in [0.2, 0.25) is 0 Å². The van der Waals surface area contributed by atoms with Crippen molar-refractivity contribution in [2.24, 2.45) is 0 Å². The first-order chi connectivity index (χ1) is 13.2. The van der Waals surface area contributed by atoms with Crippen LogP contribution in [0.25, 0.3) is 16.8 Å². The molecule has 0 atom stereocenters. The van der Waals surface area contributed by atoms with Crippen molar-refractivity contribution in [1.29, 1.82) is 0 Å². The van der Waals surface area contributed by atoms with Crippen molar-refractivity contribution in [3.8, 4) is 16.8 Å². The van der Waals surface area contributed by atoms with E-state index in [1.165, 1.54) is 11.0 Å². The van der Waals surface area contributed by atoms with Crippen LogP contribution in [0.1, 0.15) is 10.4 Å². The van der Waals surface area contributed by atoms with Gasteiger partial charge in [-0.2, -0.15) is 4.68 Å². The van der Waals surface area contributed by atoms with Crippen molar-refractivity contribution >= 4 is 23.2 Å². The number of hydrogen-bond acceptors (Lipinski definition) is 4. The van der Waals surface area contributed by atoms with Gasteiger partial charge in [-0.3, -0.25) is 4.79 Å². The van der Waals surface area contributed by atoms with Gasteiger partial charge in [-0.15, -0.1) is 5.10 Å². The molecule has 0 spiro atoms. The summed E-state index contributed by atoms with van der Waals surface area (Å²) in [6, 6.07) is 22.5. The Bertz CT molecular complexity index is 1080. The fourth-order valence-corrected chi connectivity index (χ4v) is 2.92. The smallest absolute Gasteiger partial charge is 0.257 e. The van der Waals surface area contributed by atoms with Crippen molar-refractivity contribution in [1.82, 2.24) is 20.2 Å². The monoisotopic (exact) mass is 375 g/mol. The predicted octanol–water partition coefficient (Wildman–Crippen LogP) is 4.24. The fraction of sp³-hybridized carbons (Fsp3) is 0. The molecule has 6 nitrogen and oxygen atoms in total. The minimum atomic E-state index is -0.298. The van der Waals surface area contributed by atoms with Crippen molar-refractivity contribution in [2.75, 3.05) is 5.32 Å². The number of halogens is 1. The van der Waals surface area contributed by atoms with Crippen LogP contribution in [0.3, 0.4) is 0 Å². The van der Waals surface area contributed by atoms with E-state index in [0.717, 1.165) is 11.1 Å². The summed E-state index contributed by atoms with van der Waals surface area (Å²) in [6.07, 6.45) is 1.44. The first-order valence-corrected chi connectivity index (χ1v) is 8.59. The summed E-state index contributed by atoms with van der Waals surface area (Å²) in [5, 5.41) is 14.4. The van der Waals surface area contributed by atoms with Crippen molar-refractivity contribution in [3.05, 3.63) is 89.7 Å². The SMILES string of the molecule is O=C(Nc1cc(-c2ccccc2)ccc1Cl)c1ccccc1-n1cnnn1. The Kier molecular flexibility index (Phi) is 4.63. The number of carbonyl (C=O) groups is 1. The lowest BCUT2D eigenvalue weighted by Crippen LogP contribution is -2.15. The standard InChI is InChI=1S/C20H14ClN5O/c21-17-11-10-15(14-6-2-1-3-7-14)12-18(17)23-20(27)16-8-4-5-9-19(16)26-13-22-24-25-26/h1-13H,(H,23,27). The largest absolute Gasteiger partial charge is 0.321 e. The molecule has 0 saturated carbocycles. The van der Waals surface area contributed by atoms with Crippen LogP contribution in [0.4, 0.5) is 5.69 Å². The Labute approximate surface area is 160 Å². The topological polar surface area (TPSA) is 72.7 Å². The van der Waals surface area contributed by atoms with E-state index in [2.05, 4.69) is 20.8 Å². The number of rotatable bonds is 4. The highest BCUT2D eigenvalue weighted by atomic mass is 35.5. The Hall–Kier alpha value is -3.51. The molecule has 1 amide bonds. The minimum Gasteiger partial charge on any atom is -0.321 e. The van der Waals surface area contributed by atoms with Gasteiger partial charge < -0.3 is 5.32 Å². The summed E-state index contributed by atoms with van der Waals surface area (Å²) in [4.78, 5) is 12.9. The van der Waals surface area contributed by atoms with Crippen LogP contribution in [-0.2, 0) is 0 Å². The quantitative estimate of drug-likeness (QED) is 0.579. The summed E-state index contributed by atoms with van der Waals surface area (Å²) in [6.45, 7) is 0. The van der Waals surface area contributed by atoms with E-state index in [9.17, 15) is 4.79 Å². The highest BCUT2D eigenvalue weighted by molar-refractivity contribution is 6.34. The minimum absolute atomic E-state index is 0.298. The van der Waals surface area contributed by atoms with Crippen LogP contribution in [0, 0.1) is 0 Å². The van der Waals surface area contributed by atoms with E-state index >= 15 is 0 Å². The van der Waals surface area contributed by atoms with Crippen LogP contribution in [0.2, 0.25) is 5.02 Å². The zero-order valence-electron chi connectivity index (χ0n) is 14.1. The van der Waals surface area contributed by atoms with Gasteiger partial charge in [0.05, 0.1) is 22.0 Å². The summed E-state index contributed by atoms with van der Waals surface area (Å²) >= 11 is 6.30. The van der Waals surface area contributed by atoms with Gasteiger partial charge in [0.15, 0.2) is 0 Å². The fourth-order valence-electron chi connectivity index (χ4n) is 2.76. The average molecular weight is 376 g/mol. The third-order valence-corrected chi connectivity index (χ3v) is 4.40. The highest BCUT2D eigenvalue weighted by Gasteiger charge is 2.15. The maximum Gasteiger partial charge on any atom is 0.257 e. The number of tetrazole rings is 1. The van der Waals surface area contributed by atoms with Crippen LogP contribution in [0.15, 0.2) is 79.1 Å². The molecule has 4 rings (SSSR count). The highest BCUT2D eigenvalue weighted by Crippen LogP contribution is 2.29. The zero-order valence-corrected chi connectivity index (χ0v) is 14.8. The van der Waals surface area contributed by atoms with Gasteiger partial charge in [-0.05, 0) is 45.8 Å². The van der Waals surface area contributed by atoms with Crippen LogP contribution < -0.4 is 5.32 Å². The second-order valence-corrected chi connectivity index (χ2v) is 6.19. The third kappa shape index (κ3) is 3.56. The lowest BCUT2D eigenvalue weighted by Gasteiger charge is -2.12. The molecular formula is C20H14ClN5O. The number of nitrogens with zero attached hydrogens (tertiary/aromatic N) is 4. The number of carbonyl (C=O) groups excluding carboxylic acids is 1. The number of hydrogen-bond donors (Lipinski definition) is 1. The van der Waals surface area contributed by atoms with Crippen LogP contribution in [0.5, 0.6) is 0 Å². The first kappa shape index (κ1) is 16.9. The Morgan fingerprint density at radius 3 is 2.48 bits per heavy atom. The molecule has 0 unspecified atom stereocenters. The molecular weight excluding hydrogens is 362 g/mol. The number of nitrogens with one attached hydrogen (secondary N) is 1. The molecule has 1 N–H and O–H groups in total. The Morgan fingerprint density at radius 1 is 0.926 bits per heavy atom. The number of benzene rings is 3. The van der Waals surface area contributed by atoms with E-state index in [1.54, 1.807) is 24.3 Å². The third-order valence-electron chi connectivity index (χ3n) is 4.07. The van der Waals surface area contributed by atoms with Gasteiger partial charge in [0.1, 0.15) is 6.33 Å². The van der Waals surface area contributed by atoms with Crippen molar-refractivity contribution in [3.63, 3.8) is 0 Å². The Balaban J connectivity index is 1.67. The normalized spacial score (nSPS) is 10.6. The van der Waals surface area contributed by atoms with Gasteiger partial charge in [0.25, 0.3) is 5.91 Å². The van der Waals surface area contributed by atoms with Crippen molar-refractivity contribution < 1.29 is 4.79 Å². The number of para-hydroxylation sites is 1. The molecule has 1 aromatic heterocycles. The molecule has 1 heterocycles. The van der Waals surface area contributed by atoms with Crippen LogP contribution >= 0.6 is 11.6 Å². The first-order valence-electron chi connectivity index (χ1n) is 8.21. The molecule has 0 bridgehead atoms. The summed E-state index contributed by atoms with van der Waals surface area (Å²) in [7, 11) is 0. The lowest BCUT2D eigenvalue weighted by atomic mass is 10.0. The van der Waals surface area contributed by atoms with Gasteiger partial charge in [0, 0.05) is 0 Å². The summed E-state index contributed by atoms with van der Waals surface area (Å²) in [5.41, 5.74) is 3.55. The molecule has 3 aromatic carbocycles. The number of aromatic nitrogens is 4. The molecule has 0 aliphatic carbocycles. The number of amides is 1. The Morgan fingerprint density at radius 2 is 1.70 bits per heavy atom. The van der Waals surface area contributed by atoms with Gasteiger partial charge in [-0.25, -0.2) is 0 Å². The average Bonchev–Trinajstić information content (AvgIpc) is 3.25. The van der Waals surface area contributed by atoms with E-state index in [1.807, 2.05) is 48.5 Å². The number of anilines is 1. The van der Waals surface area contributed by atoms with E-state index in [4.69, 9.17) is 11.6 Å². The van der Waals surface area contributed by atoms with E-state index in [0.29, 0.717) is 22.0 Å². The van der Waals surface area contributed by atoms with Crippen LogP contribution in [-0.4, -0.2) is 26.1 Å². The molecule has 0 aliphatic rings. The molecule has 27 heavy (non-hydrogen) atoms. The molecule has 0 saturated heterocycles. The predicted molar refractivity (Wildman–Crippen MR) is 104 cm³/mol. The maximum atomic E-state index is 12.9. The maximum absolute atomic E-state index is 12.9.